The van der Waals surface area contributed by atoms with E-state index in [1.165, 1.54) is 28.2 Å². The highest BCUT2D eigenvalue weighted by Crippen LogP contribution is 2.31. The second kappa shape index (κ2) is 4.34. The fourth-order valence-corrected chi connectivity index (χ4v) is 3.23. The number of aryl methyl sites for hydroxylation is 2. The summed E-state index contributed by atoms with van der Waals surface area (Å²) in [7, 11) is 0. The molecule has 0 bridgehead atoms. The largest absolute Gasteiger partial charge is 0.284 e. The molecule has 1 fully saturated rings. The van der Waals surface area contributed by atoms with E-state index in [9.17, 15) is 5.26 Å². The molecular weight excluding hydrogens is 204 g/mol. The van der Waals surface area contributed by atoms with Crippen molar-refractivity contribution in [3.63, 3.8) is 0 Å². The van der Waals surface area contributed by atoms with Crippen molar-refractivity contribution >= 4 is 11.3 Å². The highest BCUT2D eigenvalue weighted by atomic mass is 32.1. The molecule has 2 rings (SSSR count). The van der Waals surface area contributed by atoms with Crippen LogP contribution < -0.4 is 0 Å². The molecule has 3 heteroatoms. The number of rotatable bonds is 2. The summed E-state index contributed by atoms with van der Waals surface area (Å²) in [5.41, 5.74) is 1.22. The highest BCUT2D eigenvalue weighted by molar-refractivity contribution is 7.12. The van der Waals surface area contributed by atoms with Gasteiger partial charge in [0.2, 0.25) is 0 Å². The number of nitrogens with zero attached hydrogens (tertiary/aromatic N) is 2. The Hall–Kier alpha value is -0.850. The van der Waals surface area contributed by atoms with Gasteiger partial charge in [-0.3, -0.25) is 4.90 Å². The fourth-order valence-electron chi connectivity index (χ4n) is 2.27. The number of hydrogen-bond acceptors (Lipinski definition) is 3. The average Bonchev–Trinajstić information content (AvgIpc) is 2.79. The molecule has 2 nitrogen and oxygen atoms in total. The zero-order valence-electron chi connectivity index (χ0n) is 9.29. The van der Waals surface area contributed by atoms with Crippen LogP contribution in [0.3, 0.4) is 0 Å². The van der Waals surface area contributed by atoms with E-state index in [0.717, 1.165) is 13.1 Å². The molecule has 1 aliphatic heterocycles. The summed E-state index contributed by atoms with van der Waals surface area (Å²) in [6.45, 7) is 6.38. The first kappa shape index (κ1) is 10.7. The average molecular weight is 220 g/mol. The molecule has 0 aliphatic carbocycles. The Bertz CT molecular complexity index is 383. The van der Waals surface area contributed by atoms with Crippen LogP contribution in [0.15, 0.2) is 6.07 Å². The first-order valence-corrected chi connectivity index (χ1v) is 6.24. The second-order valence-electron chi connectivity index (χ2n) is 4.14. The third kappa shape index (κ3) is 2.06. The molecule has 1 atom stereocenters. The van der Waals surface area contributed by atoms with E-state index in [1.54, 1.807) is 11.3 Å². The van der Waals surface area contributed by atoms with Crippen LogP contribution in [0.2, 0.25) is 0 Å². The minimum absolute atomic E-state index is 0.0163. The summed E-state index contributed by atoms with van der Waals surface area (Å²) in [5.74, 6) is 0. The van der Waals surface area contributed by atoms with Gasteiger partial charge in [0.25, 0.3) is 0 Å². The van der Waals surface area contributed by atoms with Crippen LogP contribution in [0.25, 0.3) is 0 Å². The number of thiophene rings is 1. The summed E-state index contributed by atoms with van der Waals surface area (Å²) in [6.07, 6.45) is 2.47. The van der Waals surface area contributed by atoms with Gasteiger partial charge in [-0.15, -0.1) is 11.3 Å². The Labute approximate surface area is 95.1 Å². The standard InChI is InChI=1S/C12H16N2S/c1-9-7-11(10(2)15-9)12(8-13)14-5-3-4-6-14/h7,12H,3-6H2,1-2H3. The minimum Gasteiger partial charge on any atom is -0.284 e. The Balaban J connectivity index is 2.26. The van der Waals surface area contributed by atoms with Crippen LogP contribution in [0.1, 0.15) is 34.2 Å². The number of nitriles is 1. The zero-order valence-corrected chi connectivity index (χ0v) is 10.1. The van der Waals surface area contributed by atoms with Crippen LogP contribution in [0, 0.1) is 25.2 Å². The van der Waals surface area contributed by atoms with Gasteiger partial charge in [0.1, 0.15) is 6.04 Å². The lowest BCUT2D eigenvalue weighted by molar-refractivity contribution is 0.294. The fraction of sp³-hybridized carbons (Fsp3) is 0.583. The molecule has 1 aliphatic rings. The highest BCUT2D eigenvalue weighted by Gasteiger charge is 2.25. The van der Waals surface area contributed by atoms with Gasteiger partial charge in [0.15, 0.2) is 0 Å². The van der Waals surface area contributed by atoms with Crippen LogP contribution >= 0.6 is 11.3 Å². The van der Waals surface area contributed by atoms with E-state index in [0.29, 0.717) is 0 Å². The SMILES string of the molecule is Cc1cc(C(C#N)N2CCCC2)c(C)s1. The third-order valence-corrected chi connectivity index (χ3v) is 3.98. The molecule has 0 spiro atoms. The summed E-state index contributed by atoms with van der Waals surface area (Å²) in [6, 6.07) is 4.60. The van der Waals surface area contributed by atoms with Gasteiger partial charge in [0.05, 0.1) is 6.07 Å². The summed E-state index contributed by atoms with van der Waals surface area (Å²) in [5, 5.41) is 9.29. The quantitative estimate of drug-likeness (QED) is 0.766. The number of hydrogen-bond donors (Lipinski definition) is 0. The maximum Gasteiger partial charge on any atom is 0.124 e. The molecule has 15 heavy (non-hydrogen) atoms. The summed E-state index contributed by atoms with van der Waals surface area (Å²) >= 11 is 1.79. The van der Waals surface area contributed by atoms with Gasteiger partial charge in [0, 0.05) is 9.75 Å². The predicted molar refractivity (Wildman–Crippen MR) is 63.0 cm³/mol. The summed E-state index contributed by atoms with van der Waals surface area (Å²) in [4.78, 5) is 4.90. The van der Waals surface area contributed by atoms with E-state index in [1.807, 2.05) is 0 Å². The molecule has 0 saturated carbocycles. The lowest BCUT2D eigenvalue weighted by Crippen LogP contribution is -2.24. The van der Waals surface area contributed by atoms with Crippen LogP contribution in [0.5, 0.6) is 0 Å². The maximum absolute atomic E-state index is 9.29. The zero-order chi connectivity index (χ0) is 10.8. The molecule has 80 valence electrons. The van der Waals surface area contributed by atoms with Crippen molar-refractivity contribution in [1.29, 1.82) is 5.26 Å². The first-order chi connectivity index (χ1) is 7.22. The predicted octanol–water partition coefficient (Wildman–Crippen LogP) is 3.03. The Morgan fingerprint density at radius 3 is 2.53 bits per heavy atom. The smallest absolute Gasteiger partial charge is 0.124 e. The first-order valence-electron chi connectivity index (χ1n) is 5.43. The molecule has 1 unspecified atom stereocenters. The van der Waals surface area contributed by atoms with Crippen LogP contribution in [-0.4, -0.2) is 18.0 Å². The molecule has 0 N–H and O–H groups in total. The topological polar surface area (TPSA) is 27.0 Å². The van der Waals surface area contributed by atoms with Crippen molar-refractivity contribution in [2.24, 2.45) is 0 Å². The van der Waals surface area contributed by atoms with Gasteiger partial charge < -0.3 is 0 Å². The lowest BCUT2D eigenvalue weighted by Gasteiger charge is -2.21. The van der Waals surface area contributed by atoms with Gasteiger partial charge in [-0.1, -0.05) is 0 Å². The van der Waals surface area contributed by atoms with Crippen LogP contribution in [-0.2, 0) is 0 Å². The van der Waals surface area contributed by atoms with Gasteiger partial charge in [-0.2, -0.15) is 5.26 Å². The van der Waals surface area contributed by atoms with Crippen molar-refractivity contribution < 1.29 is 0 Å². The molecule has 0 aromatic carbocycles. The van der Waals surface area contributed by atoms with Crippen LogP contribution in [0.4, 0.5) is 0 Å². The van der Waals surface area contributed by atoms with E-state index < -0.39 is 0 Å². The molecular formula is C12H16N2S. The van der Waals surface area contributed by atoms with E-state index >= 15 is 0 Å². The maximum atomic E-state index is 9.29. The lowest BCUT2D eigenvalue weighted by atomic mass is 10.1. The van der Waals surface area contributed by atoms with Gasteiger partial charge in [-0.25, -0.2) is 0 Å². The molecule has 0 radical (unpaired) electrons. The van der Waals surface area contributed by atoms with Crippen molar-refractivity contribution in [3.8, 4) is 6.07 Å². The van der Waals surface area contributed by atoms with Crippen molar-refractivity contribution in [1.82, 2.24) is 4.90 Å². The minimum atomic E-state index is -0.0163. The second-order valence-corrected chi connectivity index (χ2v) is 5.60. The Morgan fingerprint density at radius 2 is 2.07 bits per heavy atom. The molecule has 1 aromatic heterocycles. The Kier molecular flexibility index (Phi) is 3.08. The normalized spacial score (nSPS) is 19.0. The Morgan fingerprint density at radius 1 is 1.40 bits per heavy atom. The van der Waals surface area contributed by atoms with Crippen molar-refractivity contribution in [2.75, 3.05) is 13.1 Å². The van der Waals surface area contributed by atoms with Gasteiger partial charge in [-0.05, 0) is 51.4 Å². The molecule has 0 amide bonds. The van der Waals surface area contributed by atoms with E-state index in [2.05, 4.69) is 30.9 Å². The molecule has 1 saturated heterocycles. The monoisotopic (exact) mass is 220 g/mol. The van der Waals surface area contributed by atoms with Crippen molar-refractivity contribution in [3.05, 3.63) is 21.4 Å². The third-order valence-electron chi connectivity index (χ3n) is 3.00. The molecule has 1 aromatic rings. The number of likely N-dealkylation sites (tertiary alicyclic amines) is 1. The van der Waals surface area contributed by atoms with Gasteiger partial charge >= 0.3 is 0 Å². The van der Waals surface area contributed by atoms with E-state index in [-0.39, 0.29) is 6.04 Å². The molecule has 2 heterocycles. The van der Waals surface area contributed by atoms with E-state index in [4.69, 9.17) is 0 Å². The van der Waals surface area contributed by atoms with Crippen molar-refractivity contribution in [2.45, 2.75) is 32.7 Å². The summed E-state index contributed by atoms with van der Waals surface area (Å²) < 4.78 is 0.